The summed E-state index contributed by atoms with van der Waals surface area (Å²) in [5, 5.41) is 2.02. The van der Waals surface area contributed by atoms with Crippen LogP contribution in [0.5, 0.6) is 0 Å². The summed E-state index contributed by atoms with van der Waals surface area (Å²) in [6.07, 6.45) is -4.87. The zero-order valence-corrected chi connectivity index (χ0v) is 15.2. The molecule has 9 heteroatoms. The third-order valence-corrected chi connectivity index (χ3v) is 4.22. The monoisotopic (exact) mass is 436 g/mol. The van der Waals surface area contributed by atoms with Gasteiger partial charge < -0.3 is 11.1 Å². The Bertz CT molecular complexity index is 859. The standard InChI is InChI=1S/C17H14BrF5N2O/c1-16(2,20)8-6-10(17(21,22)23)14(11(18)7-8)25-15(26)9-4-3-5-12(24)13(9)19/h3-7H,24H2,1-2H3,(H,25,26). The first-order chi connectivity index (χ1) is 11.8. The maximum Gasteiger partial charge on any atom is 0.418 e. The summed E-state index contributed by atoms with van der Waals surface area (Å²) in [5.41, 5.74) is 0.363. The molecule has 0 spiro atoms. The molecule has 140 valence electrons. The smallest absolute Gasteiger partial charge is 0.396 e. The Morgan fingerprint density at radius 2 is 1.77 bits per heavy atom. The molecule has 0 fully saturated rings. The van der Waals surface area contributed by atoms with Crippen molar-refractivity contribution in [2.45, 2.75) is 25.7 Å². The average Bonchev–Trinajstić information content (AvgIpc) is 2.49. The maximum absolute atomic E-state index is 14.1. The summed E-state index contributed by atoms with van der Waals surface area (Å²) in [5.74, 6) is -2.16. The number of alkyl halides is 4. The highest BCUT2D eigenvalue weighted by Gasteiger charge is 2.37. The molecule has 2 rings (SSSR count). The number of nitrogens with one attached hydrogen (secondary N) is 1. The summed E-state index contributed by atoms with van der Waals surface area (Å²) in [6, 6.07) is 5.32. The summed E-state index contributed by atoms with van der Waals surface area (Å²) >= 11 is 2.92. The van der Waals surface area contributed by atoms with Crippen LogP contribution >= 0.6 is 15.9 Å². The quantitative estimate of drug-likeness (QED) is 0.482. The van der Waals surface area contributed by atoms with Crippen LogP contribution in [0.15, 0.2) is 34.8 Å². The van der Waals surface area contributed by atoms with Crippen molar-refractivity contribution in [3.05, 3.63) is 57.3 Å². The summed E-state index contributed by atoms with van der Waals surface area (Å²) in [6.45, 7) is 2.21. The van der Waals surface area contributed by atoms with Gasteiger partial charge >= 0.3 is 6.18 Å². The largest absolute Gasteiger partial charge is 0.418 e. The van der Waals surface area contributed by atoms with E-state index < -0.39 is 40.4 Å². The van der Waals surface area contributed by atoms with Crippen LogP contribution in [-0.4, -0.2) is 5.91 Å². The van der Waals surface area contributed by atoms with Gasteiger partial charge in [0.2, 0.25) is 0 Å². The van der Waals surface area contributed by atoms with Crippen LogP contribution in [0, 0.1) is 5.82 Å². The summed E-state index contributed by atoms with van der Waals surface area (Å²) < 4.78 is 68.1. The topological polar surface area (TPSA) is 55.1 Å². The van der Waals surface area contributed by atoms with Gasteiger partial charge in [0.1, 0.15) is 5.67 Å². The van der Waals surface area contributed by atoms with Gasteiger partial charge in [-0.1, -0.05) is 6.07 Å². The molecule has 2 aromatic rings. The molecule has 0 radical (unpaired) electrons. The van der Waals surface area contributed by atoms with Gasteiger partial charge in [-0.15, -0.1) is 0 Å². The molecule has 0 aromatic heterocycles. The lowest BCUT2D eigenvalue weighted by atomic mass is 9.96. The summed E-state index contributed by atoms with van der Waals surface area (Å²) in [7, 11) is 0. The molecule has 0 saturated carbocycles. The molecular weight excluding hydrogens is 423 g/mol. The molecule has 0 aliphatic heterocycles. The number of benzene rings is 2. The molecule has 2 aromatic carbocycles. The van der Waals surface area contributed by atoms with E-state index >= 15 is 0 Å². The second kappa shape index (κ2) is 6.86. The van der Waals surface area contributed by atoms with E-state index in [4.69, 9.17) is 5.73 Å². The normalized spacial score (nSPS) is 12.2. The van der Waals surface area contributed by atoms with Gasteiger partial charge in [-0.25, -0.2) is 8.78 Å². The van der Waals surface area contributed by atoms with Crippen molar-refractivity contribution in [3.8, 4) is 0 Å². The number of halogens is 6. The molecule has 26 heavy (non-hydrogen) atoms. The highest BCUT2D eigenvalue weighted by atomic mass is 79.9. The number of carbonyl (C=O) groups excluding carboxylic acids is 1. The number of hydrogen-bond acceptors (Lipinski definition) is 2. The van der Waals surface area contributed by atoms with Crippen molar-refractivity contribution in [2.24, 2.45) is 0 Å². The van der Waals surface area contributed by atoms with E-state index in [-0.39, 0.29) is 15.7 Å². The van der Waals surface area contributed by atoms with Crippen molar-refractivity contribution in [2.75, 3.05) is 11.1 Å². The number of anilines is 2. The van der Waals surface area contributed by atoms with Crippen molar-refractivity contribution < 1.29 is 26.7 Å². The molecule has 0 atom stereocenters. The molecule has 0 saturated heterocycles. The van der Waals surface area contributed by atoms with Crippen molar-refractivity contribution in [1.82, 2.24) is 0 Å². The minimum Gasteiger partial charge on any atom is -0.396 e. The van der Waals surface area contributed by atoms with Crippen LogP contribution < -0.4 is 11.1 Å². The van der Waals surface area contributed by atoms with Gasteiger partial charge in [-0.3, -0.25) is 4.79 Å². The minimum atomic E-state index is -4.87. The van der Waals surface area contributed by atoms with Crippen molar-refractivity contribution in [3.63, 3.8) is 0 Å². The van der Waals surface area contributed by atoms with Crippen molar-refractivity contribution >= 4 is 33.2 Å². The van der Waals surface area contributed by atoms with Crippen LogP contribution in [0.25, 0.3) is 0 Å². The Hall–Kier alpha value is -2.16. The predicted molar refractivity (Wildman–Crippen MR) is 92.0 cm³/mol. The van der Waals surface area contributed by atoms with E-state index in [1.807, 2.05) is 5.32 Å². The predicted octanol–water partition coefficient (Wildman–Crippen LogP) is 5.65. The Balaban J connectivity index is 2.55. The number of nitrogen functional groups attached to an aromatic ring is 1. The lowest BCUT2D eigenvalue weighted by Gasteiger charge is -2.21. The first kappa shape index (κ1) is 20.2. The van der Waals surface area contributed by atoms with Gasteiger partial charge in [0, 0.05) is 4.47 Å². The first-order valence-electron chi connectivity index (χ1n) is 7.28. The highest BCUT2D eigenvalue weighted by Crippen LogP contribution is 2.42. The van der Waals surface area contributed by atoms with Crippen molar-refractivity contribution in [1.29, 1.82) is 0 Å². The Kier molecular flexibility index (Phi) is 5.32. The second-order valence-electron chi connectivity index (χ2n) is 6.01. The molecule has 0 aliphatic carbocycles. The molecule has 0 heterocycles. The van der Waals surface area contributed by atoms with E-state index in [0.29, 0.717) is 6.07 Å². The number of hydrogen-bond donors (Lipinski definition) is 2. The molecular formula is C17H14BrF5N2O. The minimum absolute atomic E-state index is 0.189. The first-order valence-corrected chi connectivity index (χ1v) is 8.07. The average molecular weight is 437 g/mol. The Labute approximate surface area is 154 Å². The lowest BCUT2D eigenvalue weighted by molar-refractivity contribution is -0.137. The van der Waals surface area contributed by atoms with Gasteiger partial charge in [-0.2, -0.15) is 13.2 Å². The van der Waals surface area contributed by atoms with E-state index in [2.05, 4.69) is 15.9 Å². The molecule has 0 unspecified atom stereocenters. The number of rotatable bonds is 3. The van der Waals surface area contributed by atoms with Crippen LogP contribution in [0.3, 0.4) is 0 Å². The Morgan fingerprint density at radius 1 is 1.15 bits per heavy atom. The van der Waals surface area contributed by atoms with E-state index in [1.165, 1.54) is 12.1 Å². The third kappa shape index (κ3) is 4.14. The number of carbonyl (C=O) groups is 1. The fourth-order valence-electron chi connectivity index (χ4n) is 2.21. The van der Waals surface area contributed by atoms with Gasteiger partial charge in [-0.05, 0) is 59.6 Å². The molecule has 0 aliphatic rings. The zero-order chi connectivity index (χ0) is 19.9. The van der Waals surface area contributed by atoms with Gasteiger partial charge in [0.05, 0.1) is 22.5 Å². The molecule has 3 nitrogen and oxygen atoms in total. The molecule has 1 amide bonds. The molecule has 3 N–H and O–H groups in total. The lowest BCUT2D eigenvalue weighted by Crippen LogP contribution is -2.20. The molecule has 0 bridgehead atoms. The van der Waals surface area contributed by atoms with E-state index in [1.54, 1.807) is 0 Å². The van der Waals surface area contributed by atoms with E-state index in [9.17, 15) is 26.7 Å². The van der Waals surface area contributed by atoms with Crippen LogP contribution in [0.1, 0.15) is 35.3 Å². The second-order valence-corrected chi connectivity index (χ2v) is 6.87. The fraction of sp³-hybridized carbons (Fsp3) is 0.235. The Morgan fingerprint density at radius 3 is 2.31 bits per heavy atom. The number of amides is 1. The summed E-state index contributed by atoms with van der Waals surface area (Å²) in [4.78, 5) is 12.2. The van der Waals surface area contributed by atoms with Crippen LogP contribution in [0.2, 0.25) is 0 Å². The SMILES string of the molecule is CC(C)(F)c1cc(Br)c(NC(=O)c2cccc(N)c2F)c(C(F)(F)F)c1. The van der Waals surface area contributed by atoms with Gasteiger partial charge in [0.15, 0.2) is 5.82 Å². The van der Waals surface area contributed by atoms with Crippen LogP contribution in [0.4, 0.5) is 33.3 Å². The zero-order valence-electron chi connectivity index (χ0n) is 13.6. The third-order valence-electron chi connectivity index (χ3n) is 3.59. The fourth-order valence-corrected chi connectivity index (χ4v) is 2.77. The maximum atomic E-state index is 14.1. The van der Waals surface area contributed by atoms with Gasteiger partial charge in [0.25, 0.3) is 5.91 Å². The van der Waals surface area contributed by atoms with Crippen LogP contribution in [-0.2, 0) is 11.8 Å². The highest BCUT2D eigenvalue weighted by molar-refractivity contribution is 9.10. The number of nitrogens with two attached hydrogens (primary N) is 1. The van der Waals surface area contributed by atoms with E-state index in [0.717, 1.165) is 26.0 Å².